The summed E-state index contributed by atoms with van der Waals surface area (Å²) in [5, 5.41) is 5.75. The van der Waals surface area contributed by atoms with Gasteiger partial charge in [-0.05, 0) is 30.5 Å². The number of anilines is 2. The second-order valence-corrected chi connectivity index (χ2v) is 7.86. The molecular weight excluding hydrogens is 348 g/mol. The van der Waals surface area contributed by atoms with Crippen LogP contribution in [-0.4, -0.2) is 35.5 Å². The van der Waals surface area contributed by atoms with Gasteiger partial charge in [0, 0.05) is 19.8 Å². The number of carbonyl (C=O) groups is 1. The highest BCUT2D eigenvalue weighted by molar-refractivity contribution is 8.00. The first-order valence-corrected chi connectivity index (χ1v) is 10.0. The van der Waals surface area contributed by atoms with Crippen LogP contribution in [0, 0.1) is 0 Å². The number of amides is 1. The summed E-state index contributed by atoms with van der Waals surface area (Å²) in [5.41, 5.74) is 2.66. The molecule has 1 aliphatic heterocycles. The van der Waals surface area contributed by atoms with Crippen LogP contribution in [0.5, 0.6) is 0 Å². The number of hydrogen-bond donors (Lipinski definition) is 2. The van der Waals surface area contributed by atoms with Gasteiger partial charge in [0.05, 0.1) is 22.6 Å². The molecule has 0 aliphatic carbocycles. The van der Waals surface area contributed by atoms with Crippen molar-refractivity contribution in [2.75, 3.05) is 30.1 Å². The lowest BCUT2D eigenvalue weighted by molar-refractivity contribution is -0.113. The fraction of sp³-hybridized carbons (Fsp3) is 0.474. The smallest absolute Gasteiger partial charge is 0.270 e. The molecule has 1 aromatic carbocycles. The standard InChI is InChI=1S/C19H26N4O2S/c1-5-13(6-2)23-18-16(19(25)21-23)17(26-11-15(24)20-18)12-7-9-14(10-8-12)22(3)4/h7-10,13,17H,5-6,11H2,1-4H3,(H,20,24)(H,21,25). The molecule has 0 spiro atoms. The zero-order valence-corrected chi connectivity index (χ0v) is 16.5. The average molecular weight is 375 g/mol. The van der Waals surface area contributed by atoms with Crippen molar-refractivity contribution in [3.63, 3.8) is 0 Å². The molecule has 1 aliphatic rings. The second kappa shape index (κ2) is 7.61. The molecule has 0 saturated carbocycles. The van der Waals surface area contributed by atoms with E-state index in [9.17, 15) is 9.59 Å². The monoisotopic (exact) mass is 374 g/mol. The fourth-order valence-electron chi connectivity index (χ4n) is 3.38. The zero-order valence-electron chi connectivity index (χ0n) is 15.7. The van der Waals surface area contributed by atoms with Crippen LogP contribution >= 0.6 is 11.8 Å². The van der Waals surface area contributed by atoms with Gasteiger partial charge >= 0.3 is 0 Å². The Bertz CT molecular complexity index is 834. The van der Waals surface area contributed by atoms with Crippen LogP contribution < -0.4 is 15.8 Å². The minimum atomic E-state index is -0.167. The maximum Gasteiger partial charge on any atom is 0.270 e. The topological polar surface area (TPSA) is 70.1 Å². The molecule has 1 aromatic heterocycles. The largest absolute Gasteiger partial charge is 0.378 e. The molecule has 1 unspecified atom stereocenters. The van der Waals surface area contributed by atoms with E-state index in [1.165, 1.54) is 11.8 Å². The van der Waals surface area contributed by atoms with Crippen LogP contribution in [0.2, 0.25) is 0 Å². The number of nitrogens with zero attached hydrogens (tertiary/aromatic N) is 2. The lowest BCUT2D eigenvalue weighted by Crippen LogP contribution is -2.19. The lowest BCUT2D eigenvalue weighted by Gasteiger charge is -2.19. The van der Waals surface area contributed by atoms with Gasteiger partial charge in [0.1, 0.15) is 5.82 Å². The quantitative estimate of drug-likeness (QED) is 0.842. The van der Waals surface area contributed by atoms with Gasteiger partial charge in [0.2, 0.25) is 5.91 Å². The summed E-state index contributed by atoms with van der Waals surface area (Å²) in [4.78, 5) is 27.1. The van der Waals surface area contributed by atoms with Gasteiger partial charge in [0.15, 0.2) is 0 Å². The van der Waals surface area contributed by atoms with Gasteiger partial charge in [-0.1, -0.05) is 26.0 Å². The molecule has 0 radical (unpaired) electrons. The van der Waals surface area contributed by atoms with E-state index in [1.54, 1.807) is 0 Å². The fourth-order valence-corrected chi connectivity index (χ4v) is 4.51. The Labute approximate surface area is 157 Å². The van der Waals surface area contributed by atoms with Crippen molar-refractivity contribution in [1.82, 2.24) is 9.78 Å². The normalized spacial score (nSPS) is 17.0. The molecule has 2 aromatic rings. The van der Waals surface area contributed by atoms with E-state index < -0.39 is 0 Å². The number of benzene rings is 1. The maximum atomic E-state index is 12.8. The second-order valence-electron chi connectivity index (χ2n) is 6.77. The van der Waals surface area contributed by atoms with Crippen molar-refractivity contribution in [3.05, 3.63) is 45.7 Å². The van der Waals surface area contributed by atoms with Crippen molar-refractivity contribution >= 4 is 29.2 Å². The van der Waals surface area contributed by atoms with E-state index in [2.05, 4.69) is 24.3 Å². The van der Waals surface area contributed by atoms with E-state index in [0.717, 1.165) is 24.1 Å². The molecule has 2 N–H and O–H groups in total. The predicted molar refractivity (Wildman–Crippen MR) is 108 cm³/mol. The van der Waals surface area contributed by atoms with E-state index in [0.29, 0.717) is 17.1 Å². The average Bonchev–Trinajstić information content (AvgIpc) is 2.83. The Hall–Kier alpha value is -2.15. The Morgan fingerprint density at radius 1 is 1.19 bits per heavy atom. The number of rotatable bonds is 5. The predicted octanol–water partition coefficient (Wildman–Crippen LogP) is 3.38. The Kier molecular flexibility index (Phi) is 5.46. The van der Waals surface area contributed by atoms with Crippen LogP contribution in [0.3, 0.4) is 0 Å². The molecule has 1 amide bonds. The Morgan fingerprint density at radius 3 is 2.42 bits per heavy atom. The molecule has 3 rings (SSSR count). The van der Waals surface area contributed by atoms with Gasteiger partial charge in [0.25, 0.3) is 5.56 Å². The van der Waals surface area contributed by atoms with Crippen LogP contribution in [0.15, 0.2) is 29.1 Å². The third-order valence-corrected chi connectivity index (χ3v) is 6.15. The first-order chi connectivity index (χ1) is 12.5. The van der Waals surface area contributed by atoms with Crippen LogP contribution in [0.4, 0.5) is 11.5 Å². The molecule has 26 heavy (non-hydrogen) atoms. The summed E-state index contributed by atoms with van der Waals surface area (Å²) in [6, 6.07) is 8.33. The Balaban J connectivity index is 2.10. The van der Waals surface area contributed by atoms with E-state index in [1.807, 2.05) is 47.9 Å². The maximum absolute atomic E-state index is 12.8. The first kappa shape index (κ1) is 18.6. The summed E-state index contributed by atoms with van der Waals surface area (Å²) >= 11 is 1.50. The molecule has 2 heterocycles. The number of H-pyrrole nitrogens is 1. The highest BCUT2D eigenvalue weighted by Gasteiger charge is 2.31. The summed E-state index contributed by atoms with van der Waals surface area (Å²) in [7, 11) is 3.99. The number of nitrogens with one attached hydrogen (secondary N) is 2. The highest BCUT2D eigenvalue weighted by atomic mass is 32.2. The van der Waals surface area contributed by atoms with Crippen LogP contribution in [0.1, 0.15) is 49.1 Å². The highest BCUT2D eigenvalue weighted by Crippen LogP contribution is 2.41. The minimum Gasteiger partial charge on any atom is -0.378 e. The lowest BCUT2D eigenvalue weighted by atomic mass is 10.1. The van der Waals surface area contributed by atoms with Crippen molar-refractivity contribution < 1.29 is 4.79 Å². The molecule has 7 heteroatoms. The molecule has 140 valence electrons. The van der Waals surface area contributed by atoms with Gasteiger partial charge < -0.3 is 10.2 Å². The van der Waals surface area contributed by atoms with Gasteiger partial charge in [-0.15, -0.1) is 11.8 Å². The number of aromatic nitrogens is 2. The molecule has 1 atom stereocenters. The third kappa shape index (κ3) is 3.40. The van der Waals surface area contributed by atoms with Crippen molar-refractivity contribution in [2.24, 2.45) is 0 Å². The molecule has 6 nitrogen and oxygen atoms in total. The molecule has 0 fully saturated rings. The summed E-state index contributed by atoms with van der Waals surface area (Å²) in [6.07, 6.45) is 1.78. The molecular formula is C19H26N4O2S. The van der Waals surface area contributed by atoms with E-state index in [-0.39, 0.29) is 22.8 Å². The number of hydrogen-bond acceptors (Lipinski definition) is 4. The van der Waals surface area contributed by atoms with Crippen molar-refractivity contribution in [1.29, 1.82) is 0 Å². The third-order valence-electron chi connectivity index (χ3n) is 4.88. The SMILES string of the molecule is CCC(CC)n1[nH]c(=O)c2c1NC(=O)CSC2c1ccc(N(C)C)cc1. The molecule has 0 bridgehead atoms. The Morgan fingerprint density at radius 2 is 1.85 bits per heavy atom. The number of thioether (sulfide) groups is 1. The van der Waals surface area contributed by atoms with Gasteiger partial charge in [-0.2, -0.15) is 0 Å². The summed E-state index contributed by atoms with van der Waals surface area (Å²) < 4.78 is 1.85. The molecule has 0 saturated heterocycles. The van der Waals surface area contributed by atoms with Crippen molar-refractivity contribution in [3.8, 4) is 0 Å². The first-order valence-electron chi connectivity index (χ1n) is 8.99. The van der Waals surface area contributed by atoms with Crippen LogP contribution in [0.25, 0.3) is 0 Å². The number of fused-ring (bicyclic) bond motifs is 1. The van der Waals surface area contributed by atoms with Gasteiger partial charge in [-0.3, -0.25) is 19.4 Å². The van der Waals surface area contributed by atoms with Gasteiger partial charge in [-0.25, -0.2) is 0 Å². The summed E-state index contributed by atoms with van der Waals surface area (Å²) in [6.45, 7) is 4.17. The number of carbonyl (C=O) groups excluding carboxylic acids is 1. The zero-order chi connectivity index (χ0) is 18.8. The van der Waals surface area contributed by atoms with Crippen molar-refractivity contribution in [2.45, 2.75) is 38.0 Å². The number of aromatic amines is 1. The van der Waals surface area contributed by atoms with Crippen LogP contribution in [-0.2, 0) is 4.79 Å². The summed E-state index contributed by atoms with van der Waals surface area (Å²) in [5.74, 6) is 0.889. The minimum absolute atomic E-state index is 0.0673. The van der Waals surface area contributed by atoms with E-state index in [4.69, 9.17) is 0 Å². The van der Waals surface area contributed by atoms with E-state index >= 15 is 0 Å².